The molecule has 0 saturated carbocycles. The Kier molecular flexibility index (Phi) is 5.92. The van der Waals surface area contributed by atoms with Crippen molar-refractivity contribution in [2.24, 2.45) is 0 Å². The average molecular weight is 433 g/mol. The zero-order valence-electron chi connectivity index (χ0n) is 11.8. The van der Waals surface area contributed by atoms with E-state index in [1.54, 1.807) is 30.3 Å². The molecule has 2 nitrogen and oxygen atoms in total. The molecule has 0 aromatic heterocycles. The Hall–Kier alpha value is -1.45. The summed E-state index contributed by atoms with van der Waals surface area (Å²) >= 11 is 0. The van der Waals surface area contributed by atoms with E-state index in [1.165, 1.54) is 0 Å². The number of ketones is 2. The molecule has 1 radical (unpaired) electrons. The first kappa shape index (κ1) is 16.9. The topological polar surface area (TPSA) is 34.1 Å². The number of rotatable bonds is 4. The molecule has 0 saturated heterocycles. The van der Waals surface area contributed by atoms with E-state index >= 15 is 0 Å². The van der Waals surface area contributed by atoms with Gasteiger partial charge in [-0.15, -0.1) is 0 Å². The van der Waals surface area contributed by atoms with Crippen molar-refractivity contribution in [2.75, 3.05) is 0 Å². The molecule has 0 heterocycles. The van der Waals surface area contributed by atoms with E-state index in [1.807, 2.05) is 42.5 Å². The molecule has 0 amide bonds. The summed E-state index contributed by atoms with van der Waals surface area (Å²) in [6, 6.07) is 22.2. The maximum atomic E-state index is 12.4. The van der Waals surface area contributed by atoms with Crippen LogP contribution < -0.4 is 0 Å². The van der Waals surface area contributed by atoms with Crippen LogP contribution in [0.4, 0.5) is 0 Å². The van der Waals surface area contributed by atoms with Crippen LogP contribution in [-0.4, -0.2) is 11.6 Å². The number of carbonyl (C=O) groups excluding carboxylic acids is 2. The van der Waals surface area contributed by atoms with Crippen molar-refractivity contribution in [1.82, 2.24) is 0 Å². The van der Waals surface area contributed by atoms with Gasteiger partial charge in [-0.2, -0.15) is 0 Å². The number of hydrogen-bond acceptors (Lipinski definition) is 2. The molecule has 0 spiro atoms. The maximum Gasteiger partial charge on any atom is 0.171 e. The van der Waals surface area contributed by atoms with Gasteiger partial charge in [-0.25, -0.2) is 0 Å². The molecule has 22 heavy (non-hydrogen) atoms. The Bertz CT molecular complexity index is 805. The molecule has 0 unspecified atom stereocenters. The predicted octanol–water partition coefficient (Wildman–Crippen LogP) is 4.30. The fourth-order valence-corrected chi connectivity index (χ4v) is 2.44. The van der Waals surface area contributed by atoms with Crippen LogP contribution in [0.5, 0.6) is 0 Å². The molecular weight excluding hydrogens is 419 g/mol. The van der Waals surface area contributed by atoms with Gasteiger partial charge in [0.05, 0.1) is 6.42 Å². The first-order valence-electron chi connectivity index (χ1n) is 6.85. The predicted molar refractivity (Wildman–Crippen MR) is 83.7 cm³/mol. The maximum absolute atomic E-state index is 12.4. The van der Waals surface area contributed by atoms with E-state index in [2.05, 4.69) is 0 Å². The molecular formula is C19H14O2Tb. The van der Waals surface area contributed by atoms with Gasteiger partial charge in [-0.05, 0) is 10.8 Å². The van der Waals surface area contributed by atoms with Gasteiger partial charge in [0.1, 0.15) is 0 Å². The monoisotopic (exact) mass is 433 g/mol. The fraction of sp³-hybridized carbons (Fsp3) is 0.0526. The zero-order valence-corrected chi connectivity index (χ0v) is 13.9. The second-order valence-corrected chi connectivity index (χ2v) is 4.92. The molecule has 0 aliphatic heterocycles. The van der Waals surface area contributed by atoms with Crippen molar-refractivity contribution in [2.45, 2.75) is 6.42 Å². The van der Waals surface area contributed by atoms with Gasteiger partial charge in [0.15, 0.2) is 11.6 Å². The molecule has 3 heteroatoms. The minimum Gasteiger partial charge on any atom is -0.294 e. The Morgan fingerprint density at radius 3 is 2.09 bits per heavy atom. The zero-order chi connectivity index (χ0) is 14.7. The van der Waals surface area contributed by atoms with Crippen LogP contribution in [0.2, 0.25) is 0 Å². The van der Waals surface area contributed by atoms with Gasteiger partial charge < -0.3 is 0 Å². The van der Waals surface area contributed by atoms with Crippen molar-refractivity contribution in [3.63, 3.8) is 0 Å². The van der Waals surface area contributed by atoms with Crippen LogP contribution in [0.3, 0.4) is 0 Å². The van der Waals surface area contributed by atoms with Gasteiger partial charge in [0.25, 0.3) is 0 Å². The van der Waals surface area contributed by atoms with Crippen molar-refractivity contribution in [3.05, 3.63) is 83.9 Å². The number of benzene rings is 3. The molecule has 0 bridgehead atoms. The molecule has 0 N–H and O–H groups in total. The van der Waals surface area contributed by atoms with Gasteiger partial charge in [0.2, 0.25) is 0 Å². The van der Waals surface area contributed by atoms with E-state index < -0.39 is 0 Å². The van der Waals surface area contributed by atoms with Crippen molar-refractivity contribution < 1.29 is 48.2 Å². The molecule has 3 aromatic rings. The second kappa shape index (κ2) is 7.70. The summed E-state index contributed by atoms with van der Waals surface area (Å²) in [7, 11) is 0. The Morgan fingerprint density at radius 1 is 0.682 bits per heavy atom. The van der Waals surface area contributed by atoms with Crippen LogP contribution in [0.15, 0.2) is 72.8 Å². The van der Waals surface area contributed by atoms with E-state index in [0.29, 0.717) is 11.1 Å². The SMILES string of the molecule is O=C(CC(=O)c1cccc2ccccc12)c1ccccc1.[Tb]. The standard InChI is InChI=1S/C19H14O2.Tb/c20-18(15-8-2-1-3-9-15)13-19(21)17-12-6-10-14-7-4-5-11-16(14)17;/h1-12H,13H2;. The summed E-state index contributed by atoms with van der Waals surface area (Å²) in [6.07, 6.45) is -0.0992. The first-order chi connectivity index (χ1) is 10.3. The van der Waals surface area contributed by atoms with E-state index in [-0.39, 0.29) is 56.6 Å². The molecule has 3 aromatic carbocycles. The third-order valence-corrected chi connectivity index (χ3v) is 3.51. The van der Waals surface area contributed by atoms with Gasteiger partial charge in [0, 0.05) is 49.7 Å². The number of Topliss-reactive ketones (excluding diaryl/α,β-unsaturated/α-hetero) is 2. The van der Waals surface area contributed by atoms with Gasteiger partial charge in [-0.3, -0.25) is 9.59 Å². The molecule has 0 atom stereocenters. The molecule has 0 fully saturated rings. The minimum atomic E-state index is -0.145. The Labute approximate surface area is 160 Å². The number of hydrogen-bond donors (Lipinski definition) is 0. The van der Waals surface area contributed by atoms with Crippen LogP contribution in [0, 0.1) is 38.6 Å². The second-order valence-electron chi connectivity index (χ2n) is 4.92. The minimum absolute atomic E-state index is 0. The summed E-state index contributed by atoms with van der Waals surface area (Å²) in [5, 5.41) is 1.90. The smallest absolute Gasteiger partial charge is 0.171 e. The fourth-order valence-electron chi connectivity index (χ4n) is 2.44. The molecule has 0 aliphatic rings. The van der Waals surface area contributed by atoms with Gasteiger partial charge in [-0.1, -0.05) is 72.8 Å². The third-order valence-electron chi connectivity index (χ3n) is 3.51. The van der Waals surface area contributed by atoms with Crippen LogP contribution in [0.25, 0.3) is 10.8 Å². The molecule has 0 aliphatic carbocycles. The van der Waals surface area contributed by atoms with Crippen molar-refractivity contribution in [1.29, 1.82) is 0 Å². The first-order valence-corrected chi connectivity index (χ1v) is 6.85. The quantitative estimate of drug-likeness (QED) is 0.455. The normalized spacial score (nSPS) is 10.0. The number of carbonyl (C=O) groups is 2. The van der Waals surface area contributed by atoms with E-state index in [0.717, 1.165) is 10.8 Å². The van der Waals surface area contributed by atoms with E-state index in [9.17, 15) is 9.59 Å². The Morgan fingerprint density at radius 2 is 1.32 bits per heavy atom. The Balaban J connectivity index is 0.00000176. The third kappa shape index (κ3) is 3.65. The van der Waals surface area contributed by atoms with Crippen LogP contribution in [0.1, 0.15) is 27.1 Å². The van der Waals surface area contributed by atoms with Gasteiger partial charge >= 0.3 is 0 Å². The largest absolute Gasteiger partial charge is 0.294 e. The van der Waals surface area contributed by atoms with Crippen molar-refractivity contribution >= 4 is 22.3 Å². The van der Waals surface area contributed by atoms with Crippen molar-refractivity contribution in [3.8, 4) is 0 Å². The average Bonchev–Trinajstić information content (AvgIpc) is 2.55. The van der Waals surface area contributed by atoms with Crippen LogP contribution in [-0.2, 0) is 0 Å². The van der Waals surface area contributed by atoms with E-state index in [4.69, 9.17) is 0 Å². The molecule has 3 rings (SSSR count). The summed E-state index contributed by atoms with van der Waals surface area (Å²) in [4.78, 5) is 24.6. The van der Waals surface area contributed by atoms with Crippen LogP contribution >= 0.6 is 0 Å². The molecule has 111 valence electrons. The summed E-state index contributed by atoms with van der Waals surface area (Å²) in [5.74, 6) is -0.283. The summed E-state index contributed by atoms with van der Waals surface area (Å²) in [6.45, 7) is 0. The summed E-state index contributed by atoms with van der Waals surface area (Å²) < 4.78 is 0. The number of fused-ring (bicyclic) bond motifs is 1. The summed E-state index contributed by atoms with van der Waals surface area (Å²) in [5.41, 5.74) is 1.18.